The zero-order valence-electron chi connectivity index (χ0n) is 10.4. The molecule has 1 heterocycles. The zero-order chi connectivity index (χ0) is 12.2. The maximum Gasteiger partial charge on any atom is 0.0641 e. The molecule has 0 spiro atoms. The highest BCUT2D eigenvalue weighted by Crippen LogP contribution is 2.26. The highest BCUT2D eigenvalue weighted by atomic mass is 16.5. The number of ether oxygens (including phenoxy) is 1. The van der Waals surface area contributed by atoms with Crippen molar-refractivity contribution < 1.29 is 4.74 Å². The van der Waals surface area contributed by atoms with E-state index in [9.17, 15) is 0 Å². The molecule has 1 aromatic heterocycles. The number of methoxy groups -OCH3 is 1. The van der Waals surface area contributed by atoms with Gasteiger partial charge in [0.05, 0.1) is 11.6 Å². The van der Waals surface area contributed by atoms with Crippen LogP contribution in [0.25, 0.3) is 0 Å². The van der Waals surface area contributed by atoms with Gasteiger partial charge in [0.2, 0.25) is 0 Å². The van der Waals surface area contributed by atoms with E-state index < -0.39 is 0 Å². The molecule has 0 fully saturated rings. The van der Waals surface area contributed by atoms with E-state index in [4.69, 9.17) is 10.6 Å². The molecule has 0 aliphatic carbocycles. The van der Waals surface area contributed by atoms with Crippen LogP contribution in [0.1, 0.15) is 37.4 Å². The number of pyridine rings is 1. The molecule has 0 aromatic carbocycles. The van der Waals surface area contributed by atoms with Crippen LogP contribution in [0.4, 0.5) is 0 Å². The molecule has 0 amide bonds. The number of nitrogens with one attached hydrogen (secondary N) is 1. The molecule has 90 valence electrons. The van der Waals surface area contributed by atoms with Crippen LogP contribution >= 0.6 is 0 Å². The van der Waals surface area contributed by atoms with E-state index in [-0.39, 0.29) is 11.6 Å². The fourth-order valence-electron chi connectivity index (χ4n) is 1.67. The molecular weight excluding hydrogens is 202 g/mol. The number of hydrazine groups is 1. The predicted octanol–water partition coefficient (Wildman–Crippen LogP) is 1.71. The monoisotopic (exact) mass is 223 g/mol. The summed E-state index contributed by atoms with van der Waals surface area (Å²) in [5.74, 6) is 5.60. The van der Waals surface area contributed by atoms with Crippen LogP contribution in [0.2, 0.25) is 0 Å². The lowest BCUT2D eigenvalue weighted by molar-refractivity contribution is 0.00674. The molecule has 16 heavy (non-hydrogen) atoms. The van der Waals surface area contributed by atoms with Gasteiger partial charge in [0, 0.05) is 19.5 Å². The van der Waals surface area contributed by atoms with Gasteiger partial charge in [-0.3, -0.25) is 16.3 Å². The minimum atomic E-state index is -0.209. The molecule has 1 atom stereocenters. The van der Waals surface area contributed by atoms with Crippen LogP contribution in [0.3, 0.4) is 0 Å². The third kappa shape index (κ3) is 3.27. The van der Waals surface area contributed by atoms with E-state index in [0.29, 0.717) is 0 Å². The number of aromatic nitrogens is 1. The first-order valence-electron chi connectivity index (χ1n) is 5.42. The molecule has 0 aliphatic heterocycles. The average molecular weight is 223 g/mol. The quantitative estimate of drug-likeness (QED) is 0.589. The molecular formula is C12H21N3O. The Bertz CT molecular complexity index is 339. The third-order valence-electron chi connectivity index (χ3n) is 2.90. The largest absolute Gasteiger partial charge is 0.379 e. The van der Waals surface area contributed by atoms with Gasteiger partial charge in [0.1, 0.15) is 0 Å². The summed E-state index contributed by atoms with van der Waals surface area (Å²) in [5.41, 5.74) is 4.93. The van der Waals surface area contributed by atoms with Crippen molar-refractivity contribution in [2.75, 3.05) is 7.11 Å². The first kappa shape index (κ1) is 13.1. The van der Waals surface area contributed by atoms with E-state index in [1.54, 1.807) is 13.3 Å². The molecule has 1 rings (SSSR count). The van der Waals surface area contributed by atoms with Gasteiger partial charge >= 0.3 is 0 Å². The van der Waals surface area contributed by atoms with E-state index in [1.807, 2.05) is 26.1 Å². The number of rotatable bonds is 5. The second-order valence-electron chi connectivity index (χ2n) is 4.62. The van der Waals surface area contributed by atoms with E-state index >= 15 is 0 Å². The Hall–Kier alpha value is -0.970. The SMILES string of the molecule is COC(C)(C)CC(NN)c1cnccc1C. The summed E-state index contributed by atoms with van der Waals surface area (Å²) in [6.07, 6.45) is 4.44. The van der Waals surface area contributed by atoms with Crippen molar-refractivity contribution in [2.24, 2.45) is 5.84 Å². The summed E-state index contributed by atoms with van der Waals surface area (Å²) in [5, 5.41) is 0. The van der Waals surface area contributed by atoms with Crippen LogP contribution in [0.15, 0.2) is 18.5 Å². The zero-order valence-corrected chi connectivity index (χ0v) is 10.4. The summed E-state index contributed by atoms with van der Waals surface area (Å²) < 4.78 is 5.42. The lowest BCUT2D eigenvalue weighted by Gasteiger charge is -2.28. The van der Waals surface area contributed by atoms with Crippen molar-refractivity contribution in [2.45, 2.75) is 38.8 Å². The first-order chi connectivity index (χ1) is 7.50. The Morgan fingerprint density at radius 1 is 1.56 bits per heavy atom. The molecule has 1 unspecified atom stereocenters. The summed E-state index contributed by atoms with van der Waals surface area (Å²) in [6.45, 7) is 6.15. The lowest BCUT2D eigenvalue weighted by atomic mass is 9.93. The molecule has 4 nitrogen and oxygen atoms in total. The second kappa shape index (κ2) is 5.39. The van der Waals surface area contributed by atoms with Crippen molar-refractivity contribution in [3.05, 3.63) is 29.6 Å². The Labute approximate surface area is 97.2 Å². The highest BCUT2D eigenvalue weighted by molar-refractivity contribution is 5.25. The van der Waals surface area contributed by atoms with Gasteiger partial charge in [-0.2, -0.15) is 0 Å². The fourth-order valence-corrected chi connectivity index (χ4v) is 1.67. The Morgan fingerprint density at radius 3 is 2.75 bits per heavy atom. The van der Waals surface area contributed by atoms with Gasteiger partial charge in [-0.05, 0) is 44.4 Å². The van der Waals surface area contributed by atoms with Crippen LogP contribution in [0.5, 0.6) is 0 Å². The van der Waals surface area contributed by atoms with Crippen LogP contribution < -0.4 is 11.3 Å². The number of aryl methyl sites for hydroxylation is 1. The minimum Gasteiger partial charge on any atom is -0.379 e. The fraction of sp³-hybridized carbons (Fsp3) is 0.583. The molecule has 0 radical (unpaired) electrons. The van der Waals surface area contributed by atoms with Crippen LogP contribution in [0, 0.1) is 6.92 Å². The summed E-state index contributed by atoms with van der Waals surface area (Å²) in [4.78, 5) is 4.13. The van der Waals surface area contributed by atoms with Gasteiger partial charge in [0.25, 0.3) is 0 Å². The minimum absolute atomic E-state index is 0.0589. The molecule has 3 N–H and O–H groups in total. The van der Waals surface area contributed by atoms with Crippen molar-refractivity contribution in [1.29, 1.82) is 0 Å². The first-order valence-corrected chi connectivity index (χ1v) is 5.42. The Morgan fingerprint density at radius 2 is 2.25 bits per heavy atom. The number of nitrogens with two attached hydrogens (primary N) is 1. The molecule has 0 bridgehead atoms. The topological polar surface area (TPSA) is 60.2 Å². The maximum absolute atomic E-state index is 5.60. The third-order valence-corrected chi connectivity index (χ3v) is 2.90. The van der Waals surface area contributed by atoms with Crippen LogP contribution in [-0.4, -0.2) is 17.7 Å². The molecule has 0 saturated heterocycles. The van der Waals surface area contributed by atoms with Gasteiger partial charge in [-0.25, -0.2) is 0 Å². The molecule has 4 heteroatoms. The average Bonchev–Trinajstić information content (AvgIpc) is 2.27. The Kier molecular flexibility index (Phi) is 4.41. The van der Waals surface area contributed by atoms with E-state index in [0.717, 1.165) is 12.0 Å². The molecule has 0 aliphatic rings. The van der Waals surface area contributed by atoms with E-state index in [2.05, 4.69) is 17.3 Å². The normalized spacial score (nSPS) is 13.8. The van der Waals surface area contributed by atoms with Crippen molar-refractivity contribution >= 4 is 0 Å². The van der Waals surface area contributed by atoms with Crippen molar-refractivity contribution in [1.82, 2.24) is 10.4 Å². The second-order valence-corrected chi connectivity index (χ2v) is 4.62. The van der Waals surface area contributed by atoms with E-state index in [1.165, 1.54) is 5.56 Å². The van der Waals surface area contributed by atoms with Crippen molar-refractivity contribution in [3.63, 3.8) is 0 Å². The van der Waals surface area contributed by atoms with Gasteiger partial charge in [-0.15, -0.1) is 0 Å². The van der Waals surface area contributed by atoms with Crippen LogP contribution in [-0.2, 0) is 4.74 Å². The summed E-state index contributed by atoms with van der Waals surface area (Å²) in [6, 6.07) is 2.04. The number of nitrogens with zero attached hydrogens (tertiary/aromatic N) is 1. The highest BCUT2D eigenvalue weighted by Gasteiger charge is 2.24. The number of hydrogen-bond donors (Lipinski definition) is 2. The number of hydrogen-bond acceptors (Lipinski definition) is 4. The summed E-state index contributed by atoms with van der Waals surface area (Å²) >= 11 is 0. The van der Waals surface area contributed by atoms with Gasteiger partial charge < -0.3 is 4.74 Å². The Balaban J connectivity index is 2.87. The van der Waals surface area contributed by atoms with Crippen molar-refractivity contribution in [3.8, 4) is 0 Å². The smallest absolute Gasteiger partial charge is 0.0641 e. The lowest BCUT2D eigenvalue weighted by Crippen LogP contribution is -2.35. The van der Waals surface area contributed by atoms with Gasteiger partial charge in [-0.1, -0.05) is 0 Å². The molecule has 1 aromatic rings. The maximum atomic E-state index is 5.60. The van der Waals surface area contributed by atoms with Gasteiger partial charge in [0.15, 0.2) is 0 Å². The molecule has 0 saturated carbocycles. The standard InChI is InChI=1S/C12H21N3O/c1-9-5-6-14-8-10(9)11(15-13)7-12(2,3)16-4/h5-6,8,11,15H,7,13H2,1-4H3. The predicted molar refractivity (Wildman–Crippen MR) is 64.7 cm³/mol. The summed E-state index contributed by atoms with van der Waals surface area (Å²) in [7, 11) is 1.71.